The van der Waals surface area contributed by atoms with Crippen molar-refractivity contribution < 1.29 is 13.9 Å². The minimum absolute atomic E-state index is 0.0252. The summed E-state index contributed by atoms with van der Waals surface area (Å²) in [5, 5.41) is 0. The largest absolute Gasteiger partial charge is 0.487 e. The molecule has 110 valence electrons. The van der Waals surface area contributed by atoms with Crippen molar-refractivity contribution in [3.63, 3.8) is 0 Å². The van der Waals surface area contributed by atoms with Crippen LogP contribution in [0.4, 0.5) is 10.1 Å². The molecular weight excluding hydrogens is 271 g/mol. The molecule has 4 nitrogen and oxygen atoms in total. The summed E-state index contributed by atoms with van der Waals surface area (Å²) >= 11 is 0. The molecular formula is C16H17FN2O2. The van der Waals surface area contributed by atoms with Crippen LogP contribution in [0.3, 0.4) is 0 Å². The minimum Gasteiger partial charge on any atom is -0.487 e. The third-order valence-corrected chi connectivity index (χ3v) is 3.20. The number of benzene rings is 2. The number of carbonyl (C=O) groups is 1. The number of carbonyl (C=O) groups excluding carboxylic acids is 1. The Morgan fingerprint density at radius 1 is 1.24 bits per heavy atom. The summed E-state index contributed by atoms with van der Waals surface area (Å²) < 4.78 is 19.2. The number of nitrogen functional groups attached to an aromatic ring is 1. The number of hydrogen-bond acceptors (Lipinski definition) is 3. The van der Waals surface area contributed by atoms with Gasteiger partial charge in [0.1, 0.15) is 18.2 Å². The summed E-state index contributed by atoms with van der Waals surface area (Å²) in [6.45, 7) is 2.00. The lowest BCUT2D eigenvalue weighted by molar-refractivity contribution is 0.1000. The van der Waals surface area contributed by atoms with E-state index in [0.29, 0.717) is 11.4 Å². The standard InChI is InChI=1S/C16H17FN2O2/c1-2-10-3-6-15(14(18)7-10)21-9-12-8-11(16(19)20)4-5-13(12)17/h3-8H,2,9,18H2,1H3,(H2,19,20). The molecule has 0 saturated heterocycles. The fourth-order valence-corrected chi connectivity index (χ4v) is 1.94. The average Bonchev–Trinajstić information content (AvgIpc) is 2.47. The predicted molar refractivity (Wildman–Crippen MR) is 79.5 cm³/mol. The number of rotatable bonds is 5. The molecule has 0 spiro atoms. The quantitative estimate of drug-likeness (QED) is 0.830. The lowest BCUT2D eigenvalue weighted by Gasteiger charge is -2.11. The molecule has 21 heavy (non-hydrogen) atoms. The van der Waals surface area contributed by atoms with E-state index in [1.807, 2.05) is 19.1 Å². The molecule has 0 heterocycles. The van der Waals surface area contributed by atoms with Gasteiger partial charge in [0.15, 0.2) is 0 Å². The van der Waals surface area contributed by atoms with Gasteiger partial charge in [0.25, 0.3) is 0 Å². The van der Waals surface area contributed by atoms with E-state index >= 15 is 0 Å². The van der Waals surface area contributed by atoms with Gasteiger partial charge in [0.2, 0.25) is 5.91 Å². The summed E-state index contributed by atoms with van der Waals surface area (Å²) in [6, 6.07) is 9.40. The second-order valence-corrected chi connectivity index (χ2v) is 4.68. The molecule has 2 rings (SSSR count). The molecule has 4 N–H and O–H groups in total. The maximum absolute atomic E-state index is 13.7. The fraction of sp³-hybridized carbons (Fsp3) is 0.188. The highest BCUT2D eigenvalue weighted by atomic mass is 19.1. The van der Waals surface area contributed by atoms with Crippen LogP contribution in [-0.2, 0) is 13.0 Å². The van der Waals surface area contributed by atoms with Crippen molar-refractivity contribution in [1.82, 2.24) is 0 Å². The molecule has 0 bridgehead atoms. The average molecular weight is 288 g/mol. The zero-order chi connectivity index (χ0) is 15.4. The molecule has 0 aromatic heterocycles. The van der Waals surface area contributed by atoms with E-state index in [1.165, 1.54) is 18.2 Å². The van der Waals surface area contributed by atoms with Crippen molar-refractivity contribution in [1.29, 1.82) is 0 Å². The minimum atomic E-state index is -0.608. The maximum Gasteiger partial charge on any atom is 0.248 e. The first-order valence-electron chi connectivity index (χ1n) is 6.60. The van der Waals surface area contributed by atoms with Gasteiger partial charge in [-0.1, -0.05) is 13.0 Å². The highest BCUT2D eigenvalue weighted by Gasteiger charge is 2.09. The Labute approximate surface area is 122 Å². The second kappa shape index (κ2) is 6.26. The van der Waals surface area contributed by atoms with E-state index in [4.69, 9.17) is 16.2 Å². The SMILES string of the molecule is CCc1ccc(OCc2cc(C(N)=O)ccc2F)c(N)c1. The van der Waals surface area contributed by atoms with Crippen LogP contribution in [0.1, 0.15) is 28.4 Å². The highest BCUT2D eigenvalue weighted by Crippen LogP contribution is 2.24. The number of halogens is 1. The fourth-order valence-electron chi connectivity index (χ4n) is 1.94. The van der Waals surface area contributed by atoms with Gasteiger partial charge in [0, 0.05) is 11.1 Å². The lowest BCUT2D eigenvalue weighted by atomic mass is 10.1. The van der Waals surface area contributed by atoms with Crippen LogP contribution in [-0.4, -0.2) is 5.91 Å². The van der Waals surface area contributed by atoms with Gasteiger partial charge in [-0.25, -0.2) is 4.39 Å². The van der Waals surface area contributed by atoms with Gasteiger partial charge in [-0.15, -0.1) is 0 Å². The zero-order valence-electron chi connectivity index (χ0n) is 11.7. The van der Waals surface area contributed by atoms with Gasteiger partial charge in [-0.2, -0.15) is 0 Å². The van der Waals surface area contributed by atoms with E-state index in [9.17, 15) is 9.18 Å². The molecule has 0 fully saturated rings. The van der Waals surface area contributed by atoms with Crippen molar-refractivity contribution in [2.24, 2.45) is 5.73 Å². The van der Waals surface area contributed by atoms with E-state index in [1.54, 1.807) is 6.07 Å². The van der Waals surface area contributed by atoms with Gasteiger partial charge < -0.3 is 16.2 Å². The molecule has 0 saturated carbocycles. The van der Waals surface area contributed by atoms with Gasteiger partial charge in [-0.05, 0) is 42.3 Å². The molecule has 0 unspecified atom stereocenters. The Morgan fingerprint density at radius 2 is 2.00 bits per heavy atom. The van der Waals surface area contributed by atoms with Crippen molar-refractivity contribution in [3.05, 3.63) is 58.9 Å². The van der Waals surface area contributed by atoms with Crippen LogP contribution in [0.2, 0.25) is 0 Å². The van der Waals surface area contributed by atoms with Crippen molar-refractivity contribution in [3.8, 4) is 5.75 Å². The molecule has 0 aliphatic carbocycles. The first kappa shape index (κ1) is 14.8. The smallest absolute Gasteiger partial charge is 0.248 e. The van der Waals surface area contributed by atoms with E-state index in [0.717, 1.165) is 12.0 Å². The van der Waals surface area contributed by atoms with Crippen LogP contribution in [0, 0.1) is 5.82 Å². The number of aryl methyl sites for hydroxylation is 1. The van der Waals surface area contributed by atoms with Crippen LogP contribution in [0.15, 0.2) is 36.4 Å². The summed E-state index contributed by atoms with van der Waals surface area (Å²) in [7, 11) is 0. The van der Waals surface area contributed by atoms with Crippen LogP contribution in [0.5, 0.6) is 5.75 Å². The normalized spacial score (nSPS) is 10.4. The monoisotopic (exact) mass is 288 g/mol. The van der Waals surface area contributed by atoms with Crippen LogP contribution in [0.25, 0.3) is 0 Å². The van der Waals surface area contributed by atoms with Gasteiger partial charge in [0.05, 0.1) is 5.69 Å². The second-order valence-electron chi connectivity index (χ2n) is 4.68. The number of anilines is 1. The Bertz CT molecular complexity index is 671. The maximum atomic E-state index is 13.7. The van der Waals surface area contributed by atoms with Crippen molar-refractivity contribution >= 4 is 11.6 Å². The van der Waals surface area contributed by atoms with Crippen LogP contribution < -0.4 is 16.2 Å². The summed E-state index contributed by atoms with van der Waals surface area (Å²) in [5.41, 5.74) is 13.2. The van der Waals surface area contributed by atoms with E-state index in [2.05, 4.69) is 0 Å². The molecule has 0 radical (unpaired) electrons. The highest BCUT2D eigenvalue weighted by molar-refractivity contribution is 5.92. The third kappa shape index (κ3) is 3.51. The Morgan fingerprint density at radius 3 is 2.62 bits per heavy atom. The number of hydrogen-bond donors (Lipinski definition) is 2. The predicted octanol–water partition coefficient (Wildman–Crippen LogP) is 2.65. The van der Waals surface area contributed by atoms with Crippen LogP contribution >= 0.6 is 0 Å². The molecule has 5 heteroatoms. The van der Waals surface area contributed by atoms with Crippen molar-refractivity contribution in [2.45, 2.75) is 20.0 Å². The van der Waals surface area contributed by atoms with Crippen molar-refractivity contribution in [2.75, 3.05) is 5.73 Å². The first-order chi connectivity index (χ1) is 10.0. The van der Waals surface area contributed by atoms with Gasteiger partial charge >= 0.3 is 0 Å². The van der Waals surface area contributed by atoms with Gasteiger partial charge in [-0.3, -0.25) is 4.79 Å². The molecule has 0 aliphatic rings. The molecule has 2 aromatic rings. The number of primary amides is 1. The van der Waals surface area contributed by atoms with E-state index < -0.39 is 11.7 Å². The Hall–Kier alpha value is -2.56. The topological polar surface area (TPSA) is 78.3 Å². The zero-order valence-corrected chi connectivity index (χ0v) is 11.7. The Balaban J connectivity index is 2.16. The number of ether oxygens (including phenoxy) is 1. The number of nitrogens with two attached hydrogens (primary N) is 2. The number of amides is 1. The first-order valence-corrected chi connectivity index (χ1v) is 6.60. The molecule has 0 atom stereocenters. The Kier molecular flexibility index (Phi) is 4.42. The molecule has 0 aliphatic heterocycles. The molecule has 2 aromatic carbocycles. The lowest BCUT2D eigenvalue weighted by Crippen LogP contribution is -2.12. The summed E-state index contributed by atoms with van der Waals surface area (Å²) in [4.78, 5) is 11.1. The summed E-state index contributed by atoms with van der Waals surface area (Å²) in [5.74, 6) is -0.581. The molecule has 1 amide bonds. The van der Waals surface area contributed by atoms with E-state index in [-0.39, 0.29) is 17.7 Å². The summed E-state index contributed by atoms with van der Waals surface area (Å²) in [6.07, 6.45) is 0.875. The third-order valence-electron chi connectivity index (χ3n) is 3.20.